The van der Waals surface area contributed by atoms with Crippen molar-refractivity contribution in [2.75, 3.05) is 11.9 Å². The van der Waals surface area contributed by atoms with Crippen molar-refractivity contribution in [2.24, 2.45) is 0 Å². The summed E-state index contributed by atoms with van der Waals surface area (Å²) in [5.74, 6) is 4.43. The van der Waals surface area contributed by atoms with E-state index in [4.69, 9.17) is 5.11 Å². The van der Waals surface area contributed by atoms with Crippen LogP contribution in [-0.4, -0.2) is 17.6 Å². The molecule has 0 aromatic heterocycles. The summed E-state index contributed by atoms with van der Waals surface area (Å²) >= 11 is 0. The van der Waals surface area contributed by atoms with Gasteiger partial charge in [0.15, 0.2) is 0 Å². The molecule has 3 rings (SSSR count). The van der Waals surface area contributed by atoms with Crippen LogP contribution in [-0.2, 0) is 6.18 Å². The topological polar surface area (TPSA) is 49.3 Å². The van der Waals surface area contributed by atoms with Crippen molar-refractivity contribution in [3.63, 3.8) is 0 Å². The Bertz CT molecular complexity index is 1080. The van der Waals surface area contributed by atoms with Crippen LogP contribution in [0, 0.1) is 11.8 Å². The number of carboxylic acid groups (broad SMARTS) is 1. The summed E-state index contributed by atoms with van der Waals surface area (Å²) < 4.78 is 40.6. The second-order valence-corrected chi connectivity index (χ2v) is 6.17. The lowest BCUT2D eigenvalue weighted by Gasteiger charge is -2.13. The summed E-state index contributed by atoms with van der Waals surface area (Å²) in [4.78, 5) is 11.0. The quantitative estimate of drug-likeness (QED) is 0.571. The summed E-state index contributed by atoms with van der Waals surface area (Å²) in [6.45, 7) is 0.158. The van der Waals surface area contributed by atoms with Gasteiger partial charge in [-0.25, -0.2) is 4.79 Å². The number of nitrogens with one attached hydrogen (secondary N) is 1. The van der Waals surface area contributed by atoms with Crippen LogP contribution < -0.4 is 5.32 Å². The minimum atomic E-state index is -4.50. The normalized spacial score (nSPS) is 10.7. The molecule has 0 aliphatic heterocycles. The Hall–Kier alpha value is -3.72. The Morgan fingerprint density at radius 3 is 2.41 bits per heavy atom. The molecule has 29 heavy (non-hydrogen) atoms. The van der Waals surface area contributed by atoms with Crippen LogP contribution in [0.5, 0.6) is 0 Å². The summed E-state index contributed by atoms with van der Waals surface area (Å²) in [6.07, 6.45) is -4.50. The minimum absolute atomic E-state index is 0.104. The fourth-order valence-electron chi connectivity index (χ4n) is 2.78. The number of hydrogen-bond donors (Lipinski definition) is 2. The van der Waals surface area contributed by atoms with Gasteiger partial charge >= 0.3 is 12.1 Å². The van der Waals surface area contributed by atoms with Gasteiger partial charge in [-0.3, -0.25) is 0 Å². The summed E-state index contributed by atoms with van der Waals surface area (Å²) in [7, 11) is 0. The van der Waals surface area contributed by atoms with Gasteiger partial charge in [-0.2, -0.15) is 13.2 Å². The number of rotatable bonds is 4. The predicted molar refractivity (Wildman–Crippen MR) is 106 cm³/mol. The first-order valence-electron chi connectivity index (χ1n) is 8.67. The Morgan fingerprint density at radius 2 is 1.72 bits per heavy atom. The standard InChI is InChI=1S/C23H16F3NO2/c24-23(25,26)21-14-16(11-12-20(21)17-7-2-1-3-8-17)6-5-13-27-19-10-4-9-18(15-19)22(28)29/h1-4,7-12,14-15,27H,13H2,(H,28,29). The van der Waals surface area contributed by atoms with E-state index < -0.39 is 17.7 Å². The van der Waals surface area contributed by atoms with Crippen molar-refractivity contribution in [1.82, 2.24) is 0 Å². The molecule has 2 N–H and O–H groups in total. The van der Waals surface area contributed by atoms with Crippen molar-refractivity contribution < 1.29 is 23.1 Å². The number of anilines is 1. The third kappa shape index (κ3) is 5.17. The average molecular weight is 395 g/mol. The maximum atomic E-state index is 13.5. The highest BCUT2D eigenvalue weighted by atomic mass is 19.4. The molecule has 0 unspecified atom stereocenters. The van der Waals surface area contributed by atoms with Crippen molar-refractivity contribution in [1.29, 1.82) is 0 Å². The van der Waals surface area contributed by atoms with E-state index in [-0.39, 0.29) is 23.2 Å². The number of benzene rings is 3. The van der Waals surface area contributed by atoms with Gasteiger partial charge in [-0.1, -0.05) is 54.3 Å². The number of halogens is 3. The smallest absolute Gasteiger partial charge is 0.417 e. The lowest BCUT2D eigenvalue weighted by molar-refractivity contribution is -0.137. The maximum absolute atomic E-state index is 13.5. The van der Waals surface area contributed by atoms with Crippen molar-refractivity contribution >= 4 is 11.7 Å². The van der Waals surface area contributed by atoms with Crippen molar-refractivity contribution in [3.8, 4) is 23.0 Å². The molecule has 0 atom stereocenters. The van der Waals surface area contributed by atoms with Crippen LogP contribution in [0.25, 0.3) is 11.1 Å². The molecule has 0 radical (unpaired) electrons. The first-order valence-corrected chi connectivity index (χ1v) is 8.67. The molecule has 0 bridgehead atoms. The molecule has 0 saturated carbocycles. The molecule has 146 valence electrons. The number of carbonyl (C=O) groups is 1. The van der Waals surface area contributed by atoms with E-state index in [2.05, 4.69) is 17.2 Å². The van der Waals surface area contributed by atoms with Gasteiger partial charge in [0, 0.05) is 11.3 Å². The van der Waals surface area contributed by atoms with Crippen molar-refractivity contribution in [2.45, 2.75) is 6.18 Å². The van der Waals surface area contributed by atoms with Gasteiger partial charge in [0.05, 0.1) is 17.7 Å². The van der Waals surface area contributed by atoms with Crippen molar-refractivity contribution in [3.05, 3.63) is 89.5 Å². The van der Waals surface area contributed by atoms with Crippen LogP contribution in [0.1, 0.15) is 21.5 Å². The second-order valence-electron chi connectivity index (χ2n) is 6.17. The van der Waals surface area contributed by atoms with Crippen LogP contribution in [0.2, 0.25) is 0 Å². The summed E-state index contributed by atoms with van der Waals surface area (Å²) in [5, 5.41) is 11.9. The molecule has 3 aromatic rings. The number of hydrogen-bond acceptors (Lipinski definition) is 2. The van der Waals surface area contributed by atoms with Gasteiger partial charge in [-0.15, -0.1) is 0 Å². The molecule has 3 aromatic carbocycles. The third-order valence-corrected chi connectivity index (χ3v) is 4.13. The van der Waals surface area contributed by atoms with E-state index in [9.17, 15) is 18.0 Å². The fraction of sp³-hybridized carbons (Fsp3) is 0.0870. The molecule has 0 amide bonds. The number of alkyl halides is 3. The molecule has 0 heterocycles. The molecule has 0 aliphatic rings. The zero-order valence-corrected chi connectivity index (χ0v) is 15.1. The molecule has 0 aliphatic carbocycles. The highest BCUT2D eigenvalue weighted by Crippen LogP contribution is 2.37. The van der Waals surface area contributed by atoms with Gasteiger partial charge in [0.1, 0.15) is 0 Å². The Kier molecular flexibility index (Phi) is 5.89. The average Bonchev–Trinajstić information content (AvgIpc) is 2.71. The van der Waals surface area contributed by atoms with Gasteiger partial charge in [0.25, 0.3) is 0 Å². The molecule has 0 saturated heterocycles. The summed E-state index contributed by atoms with van der Waals surface area (Å²) in [6, 6.07) is 18.6. The lowest BCUT2D eigenvalue weighted by Crippen LogP contribution is -2.07. The largest absolute Gasteiger partial charge is 0.478 e. The Labute approximate surface area is 165 Å². The van der Waals surface area contributed by atoms with E-state index >= 15 is 0 Å². The first kappa shape index (κ1) is 20.0. The van der Waals surface area contributed by atoms with Gasteiger partial charge < -0.3 is 10.4 Å². The third-order valence-electron chi connectivity index (χ3n) is 4.13. The zero-order valence-electron chi connectivity index (χ0n) is 15.1. The SMILES string of the molecule is O=C(O)c1cccc(NCC#Cc2ccc(-c3ccccc3)c(C(F)(F)F)c2)c1. The number of carboxylic acids is 1. The molecule has 3 nitrogen and oxygen atoms in total. The molecular formula is C23H16F3NO2. The van der Waals surface area contributed by atoms with Crippen LogP contribution in [0.15, 0.2) is 72.8 Å². The Morgan fingerprint density at radius 1 is 0.966 bits per heavy atom. The first-order chi connectivity index (χ1) is 13.8. The maximum Gasteiger partial charge on any atom is 0.417 e. The Balaban J connectivity index is 1.79. The van der Waals surface area contributed by atoms with E-state index in [0.717, 1.165) is 6.07 Å². The number of aromatic carboxylic acids is 1. The van der Waals surface area contributed by atoms with Crippen LogP contribution in [0.3, 0.4) is 0 Å². The predicted octanol–water partition coefficient (Wildman–Crippen LogP) is 5.53. The molecule has 0 spiro atoms. The van der Waals surface area contributed by atoms with E-state index in [1.165, 1.54) is 18.2 Å². The van der Waals surface area contributed by atoms with Crippen LogP contribution >= 0.6 is 0 Å². The monoisotopic (exact) mass is 395 g/mol. The highest BCUT2D eigenvalue weighted by molar-refractivity contribution is 5.88. The molecule has 0 fully saturated rings. The van der Waals surface area contributed by atoms with Gasteiger partial charge in [-0.05, 0) is 41.5 Å². The molecule has 6 heteroatoms. The fourth-order valence-corrected chi connectivity index (χ4v) is 2.78. The van der Waals surface area contributed by atoms with Crippen LogP contribution in [0.4, 0.5) is 18.9 Å². The zero-order chi connectivity index (χ0) is 20.9. The minimum Gasteiger partial charge on any atom is -0.478 e. The molecular weight excluding hydrogens is 379 g/mol. The second kappa shape index (κ2) is 8.53. The van der Waals surface area contributed by atoms with E-state index in [1.807, 2.05) is 0 Å². The van der Waals surface area contributed by atoms with Gasteiger partial charge in [0.2, 0.25) is 0 Å². The van der Waals surface area contributed by atoms with E-state index in [1.54, 1.807) is 48.5 Å². The summed E-state index contributed by atoms with van der Waals surface area (Å²) in [5.41, 5.74) is 0.797. The van der Waals surface area contributed by atoms with E-state index in [0.29, 0.717) is 11.3 Å². The highest BCUT2D eigenvalue weighted by Gasteiger charge is 2.33. The lowest BCUT2D eigenvalue weighted by atomic mass is 9.97.